The first-order chi connectivity index (χ1) is 70.9. The Morgan fingerprint density at radius 3 is 0.853 bits per heavy atom. The molecule has 150 heavy (non-hydrogen) atoms. The number of carbonyl (C=O) groups is 4. The van der Waals surface area contributed by atoms with Crippen molar-refractivity contribution in [2.45, 2.75) is 222 Å². The van der Waals surface area contributed by atoms with Crippen LogP contribution in [0.1, 0.15) is 56.4 Å². The topological polar surface area (TPSA) is 644 Å². The van der Waals surface area contributed by atoms with E-state index >= 15 is 0 Å². The summed E-state index contributed by atoms with van der Waals surface area (Å²) in [5.41, 5.74) is 0. The summed E-state index contributed by atoms with van der Waals surface area (Å²) >= 11 is 0. The fraction of sp³-hybridized carbons (Fsp3) is 0.574. The third kappa shape index (κ3) is 41.5. The molecule has 24 atom stereocenters. The number of aliphatic hydroxyl groups is 8. The molecule has 0 saturated carbocycles. The van der Waals surface area contributed by atoms with Gasteiger partial charge in [0.05, 0.1) is 85.7 Å². The molecule has 0 spiro atoms. The Labute approximate surface area is 865 Å². The van der Waals surface area contributed by atoms with Crippen LogP contribution in [0, 0.1) is 11.6 Å². The van der Waals surface area contributed by atoms with E-state index < -0.39 is 240 Å². The van der Waals surface area contributed by atoms with Gasteiger partial charge in [-0.2, -0.15) is 33.7 Å². The highest BCUT2D eigenvalue weighted by Crippen LogP contribution is 2.32. The summed E-state index contributed by atoms with van der Waals surface area (Å²) in [5.74, 6) is -2.33. The molecule has 0 aliphatic carbocycles. The highest BCUT2D eigenvalue weighted by atomic mass is 32.2. The first kappa shape index (κ1) is 128. The SMILES string of the molecule is C.C.C1OC[C@@H]2OCO[C@H]3COCO[C@@H]3C2O1.CC(=O)OC[C@@H]1OCO[C@@H](COC(C)=O)C(OC(C)=O)C1OC(C)=O.CCOOC1C(O)[C@H](COS(=O)(=O)c2ccccc2)OCO[C@H]1COS(=O)(=O)c1ccccc1.CCOOC1C(O)[C@H](COc2ccc(F)cc2)OCO[C@H]1COc1ccc(F)cc1.O=S(=O)(OC[C@@H]1OCO[C@@H](COS(=O)(=O)c2ccccc2)C(O)C1O)c1ccccc1.OC[C@@H]1OCO[C@@H](CO)[C@H](O)[C@H]1O. The largest absolute Gasteiger partial charge is 0.491 e. The molecule has 0 amide bonds. The first-order valence-electron chi connectivity index (χ1n) is 45.7. The van der Waals surface area contributed by atoms with Crippen LogP contribution in [0.2, 0.25) is 0 Å². The number of hydrogen-bond acceptors (Lipinski definition) is 50. The number of hydrogen-bond donors (Lipinski definition) is 8. The van der Waals surface area contributed by atoms with Gasteiger partial charge in [0.25, 0.3) is 40.5 Å². The minimum Gasteiger partial charge on any atom is -0.491 e. The lowest BCUT2D eigenvalue weighted by atomic mass is 10.0. The number of halogens is 2. The Bertz CT molecular complexity index is 5160. The van der Waals surface area contributed by atoms with E-state index in [1.54, 1.807) is 62.4 Å². The smallest absolute Gasteiger partial charge is 0.303 e. The number of esters is 4. The third-order valence-electron chi connectivity index (χ3n) is 21.7. The molecule has 8 N–H and O–H groups in total. The second kappa shape index (κ2) is 65.8. The van der Waals surface area contributed by atoms with Crippen molar-refractivity contribution in [3.63, 3.8) is 0 Å². The lowest BCUT2D eigenvalue weighted by molar-refractivity contribution is -0.352. The summed E-state index contributed by atoms with van der Waals surface area (Å²) in [4.78, 5) is 65.3. The van der Waals surface area contributed by atoms with E-state index in [2.05, 4.69) is 0 Å². The summed E-state index contributed by atoms with van der Waals surface area (Å²) in [5, 5.41) is 78.7. The van der Waals surface area contributed by atoms with Gasteiger partial charge in [0.15, 0.2) is 18.3 Å². The Kier molecular flexibility index (Phi) is 56.2. The Morgan fingerprint density at radius 1 is 0.307 bits per heavy atom. The molecule has 0 bridgehead atoms. The molecule has 6 aromatic rings. The van der Waals surface area contributed by atoms with Gasteiger partial charge in [0, 0.05) is 27.7 Å². The summed E-state index contributed by atoms with van der Waals surface area (Å²) < 4.78 is 262. The van der Waals surface area contributed by atoms with E-state index in [-0.39, 0.29) is 151 Å². The molecule has 8 aliphatic heterocycles. The number of benzene rings is 6. The van der Waals surface area contributed by atoms with Crippen molar-refractivity contribution in [2.24, 2.45) is 0 Å². The van der Waals surface area contributed by atoms with E-state index in [9.17, 15) is 92.3 Å². The molecule has 56 heteroatoms. The molecule has 0 radical (unpaired) electrons. The maximum atomic E-state index is 13.0. The predicted molar refractivity (Wildman–Crippen MR) is 502 cm³/mol. The molecule has 8 fully saturated rings. The summed E-state index contributed by atoms with van der Waals surface area (Å²) in [6.07, 6.45) is -23.2. The predicted octanol–water partition coefficient (Wildman–Crippen LogP) is 2.26. The molecular formula is C94H130F2O50S4. The van der Waals surface area contributed by atoms with Crippen molar-refractivity contribution in [1.29, 1.82) is 0 Å². The van der Waals surface area contributed by atoms with Crippen LogP contribution in [0.4, 0.5) is 8.78 Å². The minimum absolute atomic E-state index is 0. The molecular weight excluding hydrogens is 2100 g/mol. The number of rotatable bonds is 36. The van der Waals surface area contributed by atoms with Gasteiger partial charge >= 0.3 is 23.9 Å². The maximum Gasteiger partial charge on any atom is 0.303 e. The van der Waals surface area contributed by atoms with Gasteiger partial charge in [-0.1, -0.05) is 87.6 Å². The zero-order valence-corrected chi connectivity index (χ0v) is 84.0. The Hall–Kier alpha value is -8.82. The van der Waals surface area contributed by atoms with E-state index in [1.165, 1.54) is 149 Å². The average molecular weight is 2230 g/mol. The number of carbonyl (C=O) groups excluding carboxylic acids is 4. The highest BCUT2D eigenvalue weighted by molar-refractivity contribution is 7.87. The molecule has 50 nitrogen and oxygen atoms in total. The lowest BCUT2D eigenvalue weighted by Crippen LogP contribution is -2.54. The summed E-state index contributed by atoms with van der Waals surface area (Å²) in [7, 11) is -16.4. The van der Waals surface area contributed by atoms with Gasteiger partial charge in [-0.05, 0) is 111 Å². The summed E-state index contributed by atoms with van der Waals surface area (Å²) in [6, 6.07) is 40.8. The monoisotopic (exact) mass is 2220 g/mol. The average Bonchev–Trinajstić information content (AvgIpc) is 1.62. The first-order valence-corrected chi connectivity index (χ1v) is 51.3. The fourth-order valence-electron chi connectivity index (χ4n) is 14.1. The van der Waals surface area contributed by atoms with E-state index in [4.69, 9.17) is 151 Å². The summed E-state index contributed by atoms with van der Waals surface area (Å²) in [6.45, 7) is 5.38. The van der Waals surface area contributed by atoms with Gasteiger partial charge < -0.3 is 145 Å². The molecule has 14 rings (SSSR count). The van der Waals surface area contributed by atoms with Crippen LogP contribution in [-0.2, 0) is 191 Å². The van der Waals surface area contributed by atoms with Crippen molar-refractivity contribution in [3.05, 3.63) is 181 Å². The second-order valence-corrected chi connectivity index (χ2v) is 38.6. The quantitative estimate of drug-likeness (QED) is 0.00919. The fourth-order valence-corrected chi connectivity index (χ4v) is 17.8. The van der Waals surface area contributed by atoms with E-state index in [1.807, 2.05) is 0 Å². The maximum absolute atomic E-state index is 13.0. The van der Waals surface area contributed by atoms with Gasteiger partial charge in [0.1, 0.15) is 232 Å². The van der Waals surface area contributed by atoms with Gasteiger partial charge in [-0.15, -0.1) is 0 Å². The number of ether oxygens (including phenoxy) is 22. The van der Waals surface area contributed by atoms with Crippen LogP contribution < -0.4 is 9.47 Å². The van der Waals surface area contributed by atoms with Crippen LogP contribution in [0.5, 0.6) is 11.5 Å². The molecule has 8 heterocycles. The normalized spacial score (nSPS) is 28.1. The van der Waals surface area contributed by atoms with Crippen molar-refractivity contribution in [3.8, 4) is 11.5 Å². The van der Waals surface area contributed by atoms with Gasteiger partial charge in [0.2, 0.25) is 0 Å². The van der Waals surface area contributed by atoms with Crippen LogP contribution in [0.3, 0.4) is 0 Å². The Balaban J connectivity index is 0.000000249. The minimum atomic E-state index is -4.11. The van der Waals surface area contributed by atoms with Crippen molar-refractivity contribution >= 4 is 64.3 Å². The van der Waals surface area contributed by atoms with E-state index in [0.717, 1.165) is 0 Å². The second-order valence-electron chi connectivity index (χ2n) is 32.1. The lowest BCUT2D eigenvalue weighted by Gasteiger charge is -2.37. The highest BCUT2D eigenvalue weighted by Gasteiger charge is 2.49. The molecule has 8 aliphatic rings. The van der Waals surface area contributed by atoms with Crippen LogP contribution in [0.15, 0.2) is 189 Å². The molecule has 8 saturated heterocycles. The third-order valence-corrected chi connectivity index (χ3v) is 26.9. The molecule has 0 aromatic heterocycles. The number of aliphatic hydroxyl groups excluding tert-OH is 8. The Morgan fingerprint density at radius 2 is 0.560 bits per heavy atom. The zero-order chi connectivity index (χ0) is 107. The van der Waals surface area contributed by atoms with E-state index in [0.29, 0.717) is 24.7 Å². The molecule has 6 aromatic carbocycles. The van der Waals surface area contributed by atoms with Crippen LogP contribution in [0.25, 0.3) is 0 Å². The molecule has 844 valence electrons. The van der Waals surface area contributed by atoms with Crippen LogP contribution >= 0.6 is 0 Å². The van der Waals surface area contributed by atoms with Gasteiger partial charge in [-0.25, -0.2) is 28.3 Å². The standard InChI is InChI=1S/C21H24F2O7.C21H26O11S2.C19H22O10S2.C15H22O10.C9H14O6.C7H14O6.2CH4/c1-2-29-30-21-19(12-26-17-9-5-15(23)6-10-17)28-13-27-18(20(21)24)11-25-16-7-3-14(22)4-8-16;1-2-29-32-21-19(14-31-34(25,26)17-11-7-4-8-12-17)28-15-27-18(20(21)22)13-30-33(23,24)16-9-5-3-6-10-16;20-18-16(11-28-30(22,23)14-7-3-1-4-8-14)26-13-27-17(19(18)21)12-29-31(24,25)15-9-5-2-6-10-15;1-8(16)20-5-12-14(24-10(3)18)15(25-11(4)19)13(23-7-22-12)6-21-9(2)17;1-6-8(14-3-10-1)9-7(13-5-12-6)2-11-4-15-9;8-1-4-6(10)7(11)5(2-9)13-3-12-4;;/h3-10,18-21,24H,2,11-13H2,1H3;3-12,18-22H,2,13-15H2,1H3;1-10,16-21H,11-13H2;12-15H,5-7H2,1-4H3;6-9H,1-5H2;4-11H,1-3H2;2*1H4/t2*18-,19-,20?,21?;16-,17-,18?,19?;12-,13-,14?,15?;6-,7-,8-,9?;4-,5-,6-,7-;;/m000000../s1. The van der Waals surface area contributed by atoms with Crippen LogP contribution in [-0.4, -0.2) is 392 Å². The zero-order valence-electron chi connectivity index (χ0n) is 80.7. The van der Waals surface area contributed by atoms with Crippen molar-refractivity contribution in [1.82, 2.24) is 0 Å². The molecule has 9 unspecified atom stereocenters. The van der Waals surface area contributed by atoms with Gasteiger partial charge in [-0.3, -0.25) is 35.9 Å². The van der Waals surface area contributed by atoms with Crippen molar-refractivity contribution in [2.75, 3.05) is 147 Å². The number of fused-ring (bicyclic) bond motifs is 3. The van der Waals surface area contributed by atoms with Crippen molar-refractivity contribution < 1.29 is 243 Å².